The first kappa shape index (κ1) is 12.9. The van der Waals surface area contributed by atoms with Crippen molar-refractivity contribution in [3.05, 3.63) is 46.5 Å². The average molecular weight is 262 g/mol. The second kappa shape index (κ2) is 5.85. The molecule has 1 aromatic carbocycles. The number of aromatic amines is 1. The van der Waals surface area contributed by atoms with Gasteiger partial charge in [0, 0.05) is 42.7 Å². The number of hydrogen-bond acceptors (Lipinski definition) is 5. The van der Waals surface area contributed by atoms with E-state index in [1.54, 1.807) is 24.7 Å². The lowest BCUT2D eigenvalue weighted by Gasteiger charge is -2.07. The van der Waals surface area contributed by atoms with Gasteiger partial charge < -0.3 is 15.0 Å². The van der Waals surface area contributed by atoms with Crippen molar-refractivity contribution in [3.8, 4) is 5.75 Å². The molecule has 100 valence electrons. The minimum Gasteiger partial charge on any atom is -0.490 e. The molecular formula is C12H14N4O3. The number of nitrogens with zero attached hydrogens (tertiary/aromatic N) is 2. The van der Waals surface area contributed by atoms with Gasteiger partial charge in [0.1, 0.15) is 0 Å². The lowest BCUT2D eigenvalue weighted by atomic mass is 10.2. The zero-order chi connectivity index (χ0) is 13.7. The molecule has 0 bridgehead atoms. The van der Waals surface area contributed by atoms with Crippen LogP contribution in [0.1, 0.15) is 5.69 Å². The molecule has 7 heteroatoms. The van der Waals surface area contributed by atoms with Crippen LogP contribution in [0.4, 0.5) is 11.4 Å². The number of H-pyrrole nitrogens is 1. The first-order valence-corrected chi connectivity index (χ1v) is 5.74. The van der Waals surface area contributed by atoms with Crippen LogP contribution in [-0.2, 0) is 6.42 Å². The van der Waals surface area contributed by atoms with E-state index in [4.69, 9.17) is 4.74 Å². The van der Waals surface area contributed by atoms with Gasteiger partial charge in [-0.3, -0.25) is 10.1 Å². The minimum absolute atomic E-state index is 0.0402. The Morgan fingerprint density at radius 1 is 1.53 bits per heavy atom. The summed E-state index contributed by atoms with van der Waals surface area (Å²) in [5.41, 5.74) is 1.77. The van der Waals surface area contributed by atoms with Gasteiger partial charge in [0.2, 0.25) is 0 Å². The molecule has 0 saturated carbocycles. The number of anilines is 1. The number of methoxy groups -OCH3 is 1. The first-order chi connectivity index (χ1) is 9.20. The Balaban J connectivity index is 1.99. The van der Waals surface area contributed by atoms with E-state index in [-0.39, 0.29) is 11.4 Å². The third kappa shape index (κ3) is 3.21. The number of nitro benzene ring substituents is 1. The van der Waals surface area contributed by atoms with Crippen LogP contribution in [0.25, 0.3) is 0 Å². The molecule has 0 amide bonds. The Morgan fingerprint density at radius 2 is 2.37 bits per heavy atom. The zero-order valence-electron chi connectivity index (χ0n) is 10.4. The molecule has 2 N–H and O–H groups in total. The van der Waals surface area contributed by atoms with E-state index in [0.29, 0.717) is 6.54 Å². The second-order valence-electron chi connectivity index (χ2n) is 3.90. The normalized spacial score (nSPS) is 10.2. The molecule has 0 saturated heterocycles. The smallest absolute Gasteiger partial charge is 0.311 e. The van der Waals surface area contributed by atoms with Crippen LogP contribution in [-0.4, -0.2) is 28.5 Å². The topological polar surface area (TPSA) is 93.1 Å². The number of rotatable bonds is 6. The second-order valence-corrected chi connectivity index (χ2v) is 3.90. The fourth-order valence-electron chi connectivity index (χ4n) is 1.70. The highest BCUT2D eigenvalue weighted by Crippen LogP contribution is 2.29. The third-order valence-corrected chi connectivity index (χ3v) is 2.65. The Labute approximate surface area is 109 Å². The van der Waals surface area contributed by atoms with Crippen LogP contribution in [0.15, 0.2) is 30.7 Å². The number of nitro groups is 1. The monoisotopic (exact) mass is 262 g/mol. The lowest BCUT2D eigenvalue weighted by molar-refractivity contribution is -0.385. The molecule has 19 heavy (non-hydrogen) atoms. The standard InChI is InChI=1S/C12H14N4O3/c1-19-12-6-9(2-3-11(12)16(17)18)14-5-4-10-7-13-8-15-10/h2-3,6-8,14H,4-5H2,1H3,(H,13,15). The van der Waals surface area contributed by atoms with Gasteiger partial charge in [-0.2, -0.15) is 0 Å². The molecular weight excluding hydrogens is 248 g/mol. The Kier molecular flexibility index (Phi) is 3.97. The van der Waals surface area contributed by atoms with E-state index in [2.05, 4.69) is 15.3 Å². The van der Waals surface area contributed by atoms with Crippen molar-refractivity contribution >= 4 is 11.4 Å². The zero-order valence-corrected chi connectivity index (χ0v) is 10.4. The van der Waals surface area contributed by atoms with Crippen molar-refractivity contribution in [2.75, 3.05) is 19.0 Å². The summed E-state index contributed by atoms with van der Waals surface area (Å²) in [6, 6.07) is 4.70. The fourth-order valence-corrected chi connectivity index (χ4v) is 1.70. The highest BCUT2D eigenvalue weighted by Gasteiger charge is 2.14. The quantitative estimate of drug-likeness (QED) is 0.613. The Morgan fingerprint density at radius 3 is 3.00 bits per heavy atom. The third-order valence-electron chi connectivity index (χ3n) is 2.65. The summed E-state index contributed by atoms with van der Waals surface area (Å²) in [6.07, 6.45) is 4.18. The van der Waals surface area contributed by atoms with Crippen LogP contribution < -0.4 is 10.1 Å². The maximum Gasteiger partial charge on any atom is 0.311 e. The molecule has 1 aromatic heterocycles. The molecule has 1 heterocycles. The van der Waals surface area contributed by atoms with E-state index >= 15 is 0 Å². The summed E-state index contributed by atoms with van der Waals surface area (Å²) in [4.78, 5) is 17.2. The Hall–Kier alpha value is -2.57. The summed E-state index contributed by atoms with van der Waals surface area (Å²) < 4.78 is 5.00. The highest BCUT2D eigenvalue weighted by molar-refractivity contribution is 5.57. The molecule has 2 rings (SSSR count). The van der Waals surface area contributed by atoms with E-state index in [9.17, 15) is 10.1 Å². The van der Waals surface area contributed by atoms with Gasteiger partial charge in [0.25, 0.3) is 0 Å². The summed E-state index contributed by atoms with van der Waals surface area (Å²) in [7, 11) is 1.41. The van der Waals surface area contributed by atoms with Crippen LogP contribution in [0.5, 0.6) is 5.75 Å². The van der Waals surface area contributed by atoms with Crippen molar-refractivity contribution in [3.63, 3.8) is 0 Å². The van der Waals surface area contributed by atoms with Crippen LogP contribution >= 0.6 is 0 Å². The van der Waals surface area contributed by atoms with Crippen molar-refractivity contribution in [1.29, 1.82) is 0 Å². The molecule has 2 aromatic rings. The van der Waals surface area contributed by atoms with Gasteiger partial charge in [0.15, 0.2) is 5.75 Å². The largest absolute Gasteiger partial charge is 0.490 e. The van der Waals surface area contributed by atoms with E-state index < -0.39 is 4.92 Å². The molecule has 0 unspecified atom stereocenters. The van der Waals surface area contributed by atoms with Crippen molar-refractivity contribution in [2.24, 2.45) is 0 Å². The SMILES string of the molecule is COc1cc(NCCc2cnc[nH]2)ccc1[N+](=O)[O-]. The predicted molar refractivity (Wildman–Crippen MR) is 70.4 cm³/mol. The molecule has 0 fully saturated rings. The van der Waals surface area contributed by atoms with Crippen LogP contribution in [0.2, 0.25) is 0 Å². The lowest BCUT2D eigenvalue weighted by Crippen LogP contribution is -2.05. The number of imidazole rings is 1. The number of aromatic nitrogens is 2. The predicted octanol–water partition coefficient (Wildman–Crippen LogP) is 1.98. The van der Waals surface area contributed by atoms with Crippen molar-refractivity contribution in [1.82, 2.24) is 9.97 Å². The minimum atomic E-state index is -0.465. The van der Waals surface area contributed by atoms with E-state index in [1.165, 1.54) is 13.2 Å². The first-order valence-electron chi connectivity index (χ1n) is 5.74. The molecule has 0 radical (unpaired) electrons. The number of benzene rings is 1. The average Bonchev–Trinajstić information content (AvgIpc) is 2.91. The molecule has 0 aliphatic carbocycles. The highest BCUT2D eigenvalue weighted by atomic mass is 16.6. The Bertz CT molecular complexity index is 554. The summed E-state index contributed by atoms with van der Waals surface area (Å²) in [6.45, 7) is 0.698. The number of hydrogen-bond donors (Lipinski definition) is 2. The molecule has 0 spiro atoms. The van der Waals surface area contributed by atoms with E-state index in [0.717, 1.165) is 17.8 Å². The number of nitrogens with one attached hydrogen (secondary N) is 2. The van der Waals surface area contributed by atoms with Gasteiger partial charge in [-0.25, -0.2) is 4.98 Å². The molecule has 0 aliphatic rings. The van der Waals surface area contributed by atoms with Gasteiger partial charge in [-0.15, -0.1) is 0 Å². The van der Waals surface area contributed by atoms with E-state index in [1.807, 2.05) is 0 Å². The molecule has 0 aliphatic heterocycles. The van der Waals surface area contributed by atoms with Crippen LogP contribution in [0, 0.1) is 10.1 Å². The van der Waals surface area contributed by atoms with Crippen LogP contribution in [0.3, 0.4) is 0 Å². The van der Waals surface area contributed by atoms with Gasteiger partial charge in [-0.1, -0.05) is 0 Å². The van der Waals surface area contributed by atoms with Crippen molar-refractivity contribution in [2.45, 2.75) is 6.42 Å². The number of ether oxygens (including phenoxy) is 1. The van der Waals surface area contributed by atoms with Gasteiger partial charge >= 0.3 is 5.69 Å². The maximum atomic E-state index is 10.8. The molecule has 7 nitrogen and oxygen atoms in total. The summed E-state index contributed by atoms with van der Waals surface area (Å²) in [5, 5.41) is 13.9. The fraction of sp³-hybridized carbons (Fsp3) is 0.250. The summed E-state index contributed by atoms with van der Waals surface area (Å²) >= 11 is 0. The van der Waals surface area contributed by atoms with Gasteiger partial charge in [0.05, 0.1) is 18.4 Å². The van der Waals surface area contributed by atoms with Crippen molar-refractivity contribution < 1.29 is 9.66 Å². The summed E-state index contributed by atoms with van der Waals surface area (Å²) in [5.74, 6) is 0.247. The molecule has 0 atom stereocenters. The van der Waals surface area contributed by atoms with Gasteiger partial charge in [-0.05, 0) is 6.07 Å². The maximum absolute atomic E-state index is 10.8.